The minimum atomic E-state index is -0.0720. The first kappa shape index (κ1) is 10.4. The highest BCUT2D eigenvalue weighted by Crippen LogP contribution is 2.33. The molecule has 0 saturated heterocycles. The number of hydrogen-bond acceptors (Lipinski definition) is 3. The van der Waals surface area contributed by atoms with E-state index in [4.69, 9.17) is 5.73 Å². The largest absolute Gasteiger partial charge is 0.326 e. The maximum absolute atomic E-state index is 11.4. The lowest BCUT2D eigenvalue weighted by atomic mass is 9.99. The Labute approximate surface area is 89.1 Å². The summed E-state index contributed by atoms with van der Waals surface area (Å²) in [6, 6.07) is 1.63. The van der Waals surface area contributed by atoms with Gasteiger partial charge in [-0.1, -0.05) is 12.8 Å². The molecule has 1 aliphatic rings. The second-order valence-corrected chi connectivity index (χ2v) is 4.20. The van der Waals surface area contributed by atoms with Crippen LogP contribution >= 0.6 is 0 Å². The molecular formula is C11H17N3O. The first-order chi connectivity index (χ1) is 7.22. The van der Waals surface area contributed by atoms with E-state index in [0.717, 1.165) is 11.3 Å². The number of aryl methyl sites for hydroxylation is 1. The molecule has 0 bridgehead atoms. The minimum Gasteiger partial charge on any atom is -0.326 e. The molecule has 0 atom stereocenters. The number of hydrogen-bond donors (Lipinski definition) is 1. The zero-order chi connectivity index (χ0) is 10.8. The smallest absolute Gasteiger partial charge is 0.266 e. The van der Waals surface area contributed by atoms with E-state index < -0.39 is 0 Å². The molecule has 82 valence electrons. The van der Waals surface area contributed by atoms with E-state index in [1.807, 2.05) is 0 Å². The van der Waals surface area contributed by atoms with Gasteiger partial charge in [0, 0.05) is 25.6 Å². The Bertz CT molecular complexity index is 405. The van der Waals surface area contributed by atoms with Crippen LogP contribution in [0.1, 0.15) is 42.9 Å². The fourth-order valence-electron chi connectivity index (χ4n) is 2.30. The van der Waals surface area contributed by atoms with Crippen LogP contribution in [-0.4, -0.2) is 9.78 Å². The molecule has 1 aromatic rings. The van der Waals surface area contributed by atoms with Crippen LogP contribution in [0.15, 0.2) is 10.9 Å². The van der Waals surface area contributed by atoms with Crippen LogP contribution < -0.4 is 11.3 Å². The SMILES string of the molecule is Cn1nc(C2CCCC2)c(CN)cc1=O. The minimum absolute atomic E-state index is 0.0720. The van der Waals surface area contributed by atoms with Gasteiger partial charge in [-0.2, -0.15) is 5.10 Å². The lowest BCUT2D eigenvalue weighted by Gasteiger charge is -2.13. The van der Waals surface area contributed by atoms with Gasteiger partial charge >= 0.3 is 0 Å². The Morgan fingerprint density at radius 1 is 1.53 bits per heavy atom. The predicted molar refractivity (Wildman–Crippen MR) is 58.6 cm³/mol. The highest BCUT2D eigenvalue weighted by atomic mass is 16.1. The zero-order valence-electron chi connectivity index (χ0n) is 9.07. The molecule has 4 heteroatoms. The van der Waals surface area contributed by atoms with Gasteiger partial charge in [-0.05, 0) is 18.4 Å². The summed E-state index contributed by atoms with van der Waals surface area (Å²) < 4.78 is 1.41. The summed E-state index contributed by atoms with van der Waals surface area (Å²) in [5.74, 6) is 0.510. The van der Waals surface area contributed by atoms with Crippen molar-refractivity contribution in [1.82, 2.24) is 9.78 Å². The molecule has 1 aromatic heterocycles. The molecule has 0 unspecified atom stereocenters. The number of aromatic nitrogens is 2. The van der Waals surface area contributed by atoms with Gasteiger partial charge in [0.15, 0.2) is 0 Å². The van der Waals surface area contributed by atoms with E-state index in [-0.39, 0.29) is 5.56 Å². The van der Waals surface area contributed by atoms with Gasteiger partial charge in [0.25, 0.3) is 5.56 Å². The molecule has 0 amide bonds. The topological polar surface area (TPSA) is 60.9 Å². The van der Waals surface area contributed by atoms with Crippen molar-refractivity contribution >= 4 is 0 Å². The summed E-state index contributed by atoms with van der Waals surface area (Å²) >= 11 is 0. The Kier molecular flexibility index (Phi) is 2.86. The fraction of sp³-hybridized carbons (Fsp3) is 0.636. The monoisotopic (exact) mass is 207 g/mol. The average Bonchev–Trinajstić information content (AvgIpc) is 2.74. The maximum atomic E-state index is 11.4. The molecule has 4 nitrogen and oxygen atoms in total. The molecular weight excluding hydrogens is 190 g/mol. The first-order valence-electron chi connectivity index (χ1n) is 5.49. The van der Waals surface area contributed by atoms with Gasteiger partial charge in [0.1, 0.15) is 0 Å². The van der Waals surface area contributed by atoms with E-state index >= 15 is 0 Å². The highest BCUT2D eigenvalue weighted by molar-refractivity contribution is 5.22. The van der Waals surface area contributed by atoms with Crippen LogP contribution in [0.5, 0.6) is 0 Å². The average molecular weight is 207 g/mol. The zero-order valence-corrected chi connectivity index (χ0v) is 9.07. The highest BCUT2D eigenvalue weighted by Gasteiger charge is 2.21. The Hall–Kier alpha value is -1.16. The van der Waals surface area contributed by atoms with E-state index in [0.29, 0.717) is 12.5 Å². The lowest BCUT2D eigenvalue weighted by molar-refractivity contribution is 0.604. The number of rotatable bonds is 2. The van der Waals surface area contributed by atoms with Gasteiger partial charge in [-0.25, -0.2) is 4.68 Å². The van der Waals surface area contributed by atoms with E-state index in [1.54, 1.807) is 13.1 Å². The normalized spacial score (nSPS) is 17.2. The van der Waals surface area contributed by atoms with Gasteiger partial charge in [-0.15, -0.1) is 0 Å². The first-order valence-corrected chi connectivity index (χ1v) is 5.49. The van der Waals surface area contributed by atoms with Gasteiger partial charge < -0.3 is 5.73 Å². The molecule has 0 spiro atoms. The van der Waals surface area contributed by atoms with E-state index in [9.17, 15) is 4.79 Å². The summed E-state index contributed by atoms with van der Waals surface area (Å²) in [7, 11) is 1.70. The second kappa shape index (κ2) is 4.14. The lowest BCUT2D eigenvalue weighted by Crippen LogP contribution is -2.23. The maximum Gasteiger partial charge on any atom is 0.266 e. The van der Waals surface area contributed by atoms with Crippen molar-refractivity contribution in [2.24, 2.45) is 12.8 Å². The van der Waals surface area contributed by atoms with Crippen LogP contribution in [0.25, 0.3) is 0 Å². The Morgan fingerprint density at radius 3 is 2.80 bits per heavy atom. The van der Waals surface area contributed by atoms with Crippen LogP contribution in [0.2, 0.25) is 0 Å². The second-order valence-electron chi connectivity index (χ2n) is 4.20. The molecule has 15 heavy (non-hydrogen) atoms. The molecule has 2 rings (SSSR count). The molecule has 0 radical (unpaired) electrons. The van der Waals surface area contributed by atoms with Gasteiger partial charge in [-0.3, -0.25) is 4.79 Å². The van der Waals surface area contributed by atoms with Crippen molar-refractivity contribution in [2.75, 3.05) is 0 Å². The molecule has 1 heterocycles. The molecule has 2 N–H and O–H groups in total. The Morgan fingerprint density at radius 2 is 2.20 bits per heavy atom. The molecule has 1 saturated carbocycles. The van der Waals surface area contributed by atoms with Crippen LogP contribution in [0.3, 0.4) is 0 Å². The summed E-state index contributed by atoms with van der Waals surface area (Å²) in [5, 5.41) is 4.35. The predicted octanol–water partition coefficient (Wildman–Crippen LogP) is 0.897. The van der Waals surface area contributed by atoms with Crippen molar-refractivity contribution in [3.8, 4) is 0 Å². The Balaban J connectivity index is 2.44. The van der Waals surface area contributed by atoms with Crippen molar-refractivity contribution in [2.45, 2.75) is 38.1 Å². The number of nitrogens with zero attached hydrogens (tertiary/aromatic N) is 2. The van der Waals surface area contributed by atoms with Crippen LogP contribution in [-0.2, 0) is 13.6 Å². The molecule has 1 fully saturated rings. The standard InChI is InChI=1S/C11H17N3O/c1-14-10(15)6-9(7-12)11(13-14)8-4-2-3-5-8/h6,8H,2-5,7,12H2,1H3. The van der Waals surface area contributed by atoms with Crippen molar-refractivity contribution in [1.29, 1.82) is 0 Å². The molecule has 0 aromatic carbocycles. The van der Waals surface area contributed by atoms with E-state index in [1.165, 1.54) is 30.4 Å². The van der Waals surface area contributed by atoms with Gasteiger partial charge in [0.05, 0.1) is 5.69 Å². The van der Waals surface area contributed by atoms with Crippen molar-refractivity contribution in [3.05, 3.63) is 27.7 Å². The fourth-order valence-corrected chi connectivity index (χ4v) is 2.30. The summed E-state index contributed by atoms with van der Waals surface area (Å²) in [4.78, 5) is 11.4. The van der Waals surface area contributed by atoms with E-state index in [2.05, 4.69) is 5.10 Å². The summed E-state index contributed by atoms with van der Waals surface area (Å²) in [6.45, 7) is 0.412. The third kappa shape index (κ3) is 1.95. The number of nitrogens with two attached hydrogens (primary N) is 1. The third-order valence-electron chi connectivity index (χ3n) is 3.17. The molecule has 1 aliphatic carbocycles. The third-order valence-corrected chi connectivity index (χ3v) is 3.17. The molecule has 0 aliphatic heterocycles. The summed E-state index contributed by atoms with van der Waals surface area (Å²) in [5.41, 5.74) is 7.54. The van der Waals surface area contributed by atoms with Crippen LogP contribution in [0.4, 0.5) is 0 Å². The quantitative estimate of drug-likeness (QED) is 0.783. The van der Waals surface area contributed by atoms with Crippen molar-refractivity contribution in [3.63, 3.8) is 0 Å². The van der Waals surface area contributed by atoms with Crippen molar-refractivity contribution < 1.29 is 0 Å². The van der Waals surface area contributed by atoms with Gasteiger partial charge in [0.2, 0.25) is 0 Å². The summed E-state index contributed by atoms with van der Waals surface area (Å²) in [6.07, 6.45) is 4.88. The van der Waals surface area contributed by atoms with Crippen LogP contribution in [0, 0.1) is 0 Å².